The van der Waals surface area contributed by atoms with E-state index in [9.17, 15) is 9.59 Å². The van der Waals surface area contributed by atoms with Gasteiger partial charge in [-0.15, -0.1) is 0 Å². The van der Waals surface area contributed by atoms with Crippen molar-refractivity contribution >= 4 is 11.8 Å². The van der Waals surface area contributed by atoms with Gasteiger partial charge < -0.3 is 14.6 Å². The third kappa shape index (κ3) is 2.58. The first-order valence-electron chi connectivity index (χ1n) is 6.39. The fourth-order valence-corrected chi connectivity index (χ4v) is 2.25. The molecule has 1 heterocycles. The van der Waals surface area contributed by atoms with E-state index >= 15 is 0 Å². The Hall–Kier alpha value is -2.82. The summed E-state index contributed by atoms with van der Waals surface area (Å²) >= 11 is 0. The highest BCUT2D eigenvalue weighted by Crippen LogP contribution is 2.35. The van der Waals surface area contributed by atoms with Gasteiger partial charge >= 0.3 is 5.97 Å². The minimum Gasteiger partial charge on any atom is -0.481 e. The second-order valence-electron chi connectivity index (χ2n) is 4.63. The molecule has 0 unspecified atom stereocenters. The van der Waals surface area contributed by atoms with E-state index in [4.69, 9.17) is 14.6 Å². The fraction of sp³-hybridized carbons (Fsp3) is 0.125. The van der Waals surface area contributed by atoms with E-state index < -0.39 is 5.97 Å². The molecule has 5 nitrogen and oxygen atoms in total. The monoisotopic (exact) mass is 284 g/mol. The normalized spacial score (nSPS) is 12.2. The Labute approximate surface area is 120 Å². The molecule has 2 aromatic rings. The molecular weight excluding hydrogens is 272 g/mol. The first kappa shape index (κ1) is 13.2. The van der Waals surface area contributed by atoms with Gasteiger partial charge in [0.15, 0.2) is 17.3 Å². The number of rotatable bonds is 4. The van der Waals surface area contributed by atoms with Crippen LogP contribution in [0.15, 0.2) is 42.5 Å². The Morgan fingerprint density at radius 3 is 2.38 bits per heavy atom. The summed E-state index contributed by atoms with van der Waals surface area (Å²) in [6.45, 7) is 0.0742. The topological polar surface area (TPSA) is 72.8 Å². The van der Waals surface area contributed by atoms with Crippen LogP contribution in [0.5, 0.6) is 11.5 Å². The van der Waals surface area contributed by atoms with Gasteiger partial charge in [-0.25, -0.2) is 0 Å². The maximum absolute atomic E-state index is 12.6. The van der Waals surface area contributed by atoms with E-state index in [-0.39, 0.29) is 19.0 Å². The van der Waals surface area contributed by atoms with Crippen LogP contribution in [-0.4, -0.2) is 23.7 Å². The van der Waals surface area contributed by atoms with Gasteiger partial charge in [-0.3, -0.25) is 9.59 Å². The lowest BCUT2D eigenvalue weighted by Crippen LogP contribution is -2.09. The predicted molar refractivity (Wildman–Crippen MR) is 73.8 cm³/mol. The molecule has 0 bridgehead atoms. The highest BCUT2D eigenvalue weighted by molar-refractivity contribution is 6.10. The zero-order chi connectivity index (χ0) is 14.8. The summed E-state index contributed by atoms with van der Waals surface area (Å²) in [4.78, 5) is 23.6. The summed E-state index contributed by atoms with van der Waals surface area (Å²) in [6, 6.07) is 11.8. The van der Waals surface area contributed by atoms with Gasteiger partial charge in [-0.2, -0.15) is 0 Å². The molecule has 106 valence electrons. The largest absolute Gasteiger partial charge is 0.481 e. The molecule has 5 heteroatoms. The summed E-state index contributed by atoms with van der Waals surface area (Å²) in [7, 11) is 0. The van der Waals surface area contributed by atoms with Crippen LogP contribution in [0.1, 0.15) is 21.5 Å². The summed E-state index contributed by atoms with van der Waals surface area (Å²) in [5.74, 6) is -0.305. The number of carbonyl (C=O) groups is 2. The van der Waals surface area contributed by atoms with Crippen molar-refractivity contribution in [2.24, 2.45) is 0 Å². The minimum absolute atomic E-state index is 0.0742. The standard InChI is InChI=1S/C16H12O5/c17-15(18)7-11-6-13-14(21-9-20-13)8-12(11)16(19)10-4-2-1-3-5-10/h1-6,8H,7,9H2,(H,17,18). The number of benzene rings is 2. The lowest BCUT2D eigenvalue weighted by molar-refractivity contribution is -0.136. The van der Waals surface area contributed by atoms with Crippen LogP contribution in [-0.2, 0) is 11.2 Å². The Kier molecular flexibility index (Phi) is 3.31. The van der Waals surface area contributed by atoms with Crippen LogP contribution in [0, 0.1) is 0 Å². The lowest BCUT2D eigenvalue weighted by Gasteiger charge is -2.09. The van der Waals surface area contributed by atoms with Crippen LogP contribution in [0.2, 0.25) is 0 Å². The Morgan fingerprint density at radius 2 is 1.71 bits per heavy atom. The average Bonchev–Trinajstić information content (AvgIpc) is 2.93. The highest BCUT2D eigenvalue weighted by Gasteiger charge is 2.22. The van der Waals surface area contributed by atoms with Crippen molar-refractivity contribution in [1.82, 2.24) is 0 Å². The molecule has 1 aliphatic heterocycles. The number of aliphatic carboxylic acids is 1. The van der Waals surface area contributed by atoms with Gasteiger partial charge in [0.2, 0.25) is 6.79 Å². The zero-order valence-electron chi connectivity index (χ0n) is 11.0. The second kappa shape index (κ2) is 5.28. The molecule has 0 amide bonds. The number of hydrogen-bond acceptors (Lipinski definition) is 4. The number of fused-ring (bicyclic) bond motifs is 1. The molecule has 0 saturated carbocycles. The van der Waals surface area contributed by atoms with Gasteiger partial charge in [-0.1, -0.05) is 30.3 Å². The van der Waals surface area contributed by atoms with Crippen molar-refractivity contribution in [2.45, 2.75) is 6.42 Å². The molecule has 1 N–H and O–H groups in total. The van der Waals surface area contributed by atoms with E-state index in [0.29, 0.717) is 28.2 Å². The van der Waals surface area contributed by atoms with E-state index in [1.807, 2.05) is 6.07 Å². The molecule has 0 saturated heterocycles. The van der Waals surface area contributed by atoms with Crippen LogP contribution in [0.3, 0.4) is 0 Å². The molecule has 0 fully saturated rings. The lowest BCUT2D eigenvalue weighted by atomic mass is 9.96. The van der Waals surface area contributed by atoms with Crippen LogP contribution in [0.4, 0.5) is 0 Å². The van der Waals surface area contributed by atoms with Crippen molar-refractivity contribution in [1.29, 1.82) is 0 Å². The van der Waals surface area contributed by atoms with Crippen molar-refractivity contribution in [3.63, 3.8) is 0 Å². The number of carboxylic acid groups (broad SMARTS) is 1. The molecule has 1 aliphatic rings. The zero-order valence-corrected chi connectivity index (χ0v) is 11.0. The number of ether oxygens (including phenoxy) is 2. The van der Waals surface area contributed by atoms with Gasteiger partial charge in [0.05, 0.1) is 6.42 Å². The molecule has 21 heavy (non-hydrogen) atoms. The molecule has 2 aromatic carbocycles. The summed E-state index contributed by atoms with van der Waals surface area (Å²) in [5.41, 5.74) is 1.25. The summed E-state index contributed by atoms with van der Waals surface area (Å²) in [6.07, 6.45) is -0.245. The van der Waals surface area contributed by atoms with Crippen LogP contribution >= 0.6 is 0 Å². The van der Waals surface area contributed by atoms with E-state index in [0.717, 1.165) is 0 Å². The molecule has 0 atom stereocenters. The first-order valence-corrected chi connectivity index (χ1v) is 6.39. The van der Waals surface area contributed by atoms with Crippen molar-refractivity contribution < 1.29 is 24.2 Å². The molecule has 0 aromatic heterocycles. The van der Waals surface area contributed by atoms with Gasteiger partial charge in [-0.05, 0) is 17.7 Å². The van der Waals surface area contributed by atoms with Crippen LogP contribution < -0.4 is 9.47 Å². The smallest absolute Gasteiger partial charge is 0.307 e. The van der Waals surface area contributed by atoms with Gasteiger partial charge in [0.1, 0.15) is 0 Å². The third-order valence-corrected chi connectivity index (χ3v) is 3.22. The first-order chi connectivity index (χ1) is 10.1. The maximum Gasteiger partial charge on any atom is 0.307 e. The van der Waals surface area contributed by atoms with Gasteiger partial charge in [0, 0.05) is 11.1 Å². The number of hydrogen-bond donors (Lipinski definition) is 1. The Morgan fingerprint density at radius 1 is 1.05 bits per heavy atom. The molecule has 0 spiro atoms. The average molecular weight is 284 g/mol. The molecule has 0 aliphatic carbocycles. The Balaban J connectivity index is 2.07. The summed E-state index contributed by atoms with van der Waals surface area (Å²) in [5, 5.41) is 9.01. The Bertz CT molecular complexity index is 706. The third-order valence-electron chi connectivity index (χ3n) is 3.22. The second-order valence-corrected chi connectivity index (χ2v) is 4.63. The number of carbonyl (C=O) groups excluding carboxylic acids is 1. The summed E-state index contributed by atoms with van der Waals surface area (Å²) < 4.78 is 10.5. The van der Waals surface area contributed by atoms with E-state index in [1.165, 1.54) is 0 Å². The quantitative estimate of drug-likeness (QED) is 0.872. The molecular formula is C16H12O5. The number of carboxylic acids is 1. The van der Waals surface area contributed by atoms with E-state index in [2.05, 4.69) is 0 Å². The van der Waals surface area contributed by atoms with Gasteiger partial charge in [0.25, 0.3) is 0 Å². The molecule has 3 rings (SSSR count). The van der Waals surface area contributed by atoms with Crippen molar-refractivity contribution in [3.8, 4) is 11.5 Å². The SMILES string of the molecule is O=C(O)Cc1cc2c(cc1C(=O)c1ccccc1)OCO2. The highest BCUT2D eigenvalue weighted by atomic mass is 16.7. The predicted octanol–water partition coefficient (Wildman–Crippen LogP) is 2.27. The van der Waals surface area contributed by atoms with Crippen LogP contribution in [0.25, 0.3) is 0 Å². The van der Waals surface area contributed by atoms with Crippen molar-refractivity contribution in [2.75, 3.05) is 6.79 Å². The van der Waals surface area contributed by atoms with E-state index in [1.54, 1.807) is 36.4 Å². The molecule has 0 radical (unpaired) electrons. The minimum atomic E-state index is -1.00. The fourth-order valence-electron chi connectivity index (χ4n) is 2.25. The maximum atomic E-state index is 12.6. The number of ketones is 1. The van der Waals surface area contributed by atoms with Crippen molar-refractivity contribution in [3.05, 3.63) is 59.2 Å².